The van der Waals surface area contributed by atoms with E-state index in [1.807, 2.05) is 50.2 Å². The minimum Gasteiger partial charge on any atom is -0.438 e. The number of hydrogen-bond acceptors (Lipinski definition) is 3. The van der Waals surface area contributed by atoms with E-state index >= 15 is 0 Å². The average Bonchev–Trinajstić information content (AvgIpc) is 2.45. The van der Waals surface area contributed by atoms with E-state index in [0.29, 0.717) is 5.56 Å². The maximum Gasteiger partial charge on any atom is 0.412 e. The van der Waals surface area contributed by atoms with Crippen LogP contribution in [0.5, 0.6) is 0 Å². The smallest absolute Gasteiger partial charge is 0.412 e. The van der Waals surface area contributed by atoms with Crippen molar-refractivity contribution in [1.82, 2.24) is 0 Å². The molecule has 0 unspecified atom stereocenters. The zero-order valence-electron chi connectivity index (χ0n) is 12.1. The van der Waals surface area contributed by atoms with Crippen molar-refractivity contribution in [3.05, 3.63) is 51.1 Å². The number of nitrogens with one attached hydrogen (secondary N) is 1. The van der Waals surface area contributed by atoms with E-state index < -0.39 is 11.7 Å². The molecule has 5 heteroatoms. The number of nitriles is 1. The number of rotatable bonds is 1. The molecule has 4 nitrogen and oxygen atoms in total. The highest BCUT2D eigenvalue weighted by molar-refractivity contribution is 14.1. The second-order valence-corrected chi connectivity index (χ2v) is 6.87. The number of ether oxygens (including phenoxy) is 1. The van der Waals surface area contributed by atoms with Gasteiger partial charge in [-0.3, -0.25) is 5.32 Å². The third kappa shape index (κ3) is 2.66. The van der Waals surface area contributed by atoms with Gasteiger partial charge in [0.2, 0.25) is 0 Å². The lowest BCUT2D eigenvalue weighted by molar-refractivity contribution is 0.0421. The zero-order chi connectivity index (χ0) is 15.9. The Morgan fingerprint density at radius 1 is 1.18 bits per heavy atom. The molecule has 0 atom stereocenters. The van der Waals surface area contributed by atoms with E-state index in [4.69, 9.17) is 10.00 Å². The van der Waals surface area contributed by atoms with Crippen molar-refractivity contribution < 1.29 is 9.53 Å². The Hall–Kier alpha value is -2.07. The number of hydrogen-bond donors (Lipinski definition) is 1. The highest BCUT2D eigenvalue weighted by Crippen LogP contribution is 2.38. The van der Waals surface area contributed by atoms with E-state index in [2.05, 4.69) is 34.0 Å². The highest BCUT2D eigenvalue weighted by atomic mass is 127. The first-order valence-corrected chi connectivity index (χ1v) is 7.82. The van der Waals surface area contributed by atoms with Gasteiger partial charge in [0.05, 0.1) is 17.3 Å². The Labute approximate surface area is 142 Å². The summed E-state index contributed by atoms with van der Waals surface area (Å²) in [4.78, 5) is 11.6. The number of nitrogens with zero attached hydrogens (tertiary/aromatic N) is 1. The van der Waals surface area contributed by atoms with Crippen LogP contribution in [0.2, 0.25) is 0 Å². The number of amides is 1. The number of fused-ring (bicyclic) bond motifs is 1. The molecule has 1 N–H and O–H groups in total. The summed E-state index contributed by atoms with van der Waals surface area (Å²) in [6.45, 7) is 3.73. The lowest BCUT2D eigenvalue weighted by Gasteiger charge is -2.32. The molecule has 3 rings (SSSR count). The van der Waals surface area contributed by atoms with Crippen LogP contribution in [-0.2, 0) is 10.3 Å². The summed E-state index contributed by atoms with van der Waals surface area (Å²) in [6, 6.07) is 13.7. The molecule has 110 valence electrons. The molecule has 0 spiro atoms. The molecule has 1 amide bonds. The molecule has 1 aliphatic heterocycles. The number of cyclic esters (lactones) is 1. The second-order valence-electron chi connectivity index (χ2n) is 5.63. The number of carbonyl (C=O) groups excluding carboxylic acids is 1. The molecule has 1 aliphatic rings. The van der Waals surface area contributed by atoms with Gasteiger partial charge in [-0.25, -0.2) is 4.79 Å². The van der Waals surface area contributed by atoms with Crippen LogP contribution in [0.15, 0.2) is 36.4 Å². The zero-order valence-corrected chi connectivity index (χ0v) is 14.3. The van der Waals surface area contributed by atoms with Crippen LogP contribution in [-0.4, -0.2) is 6.09 Å². The first-order valence-electron chi connectivity index (χ1n) is 6.75. The molecular formula is C17H13IN2O2. The summed E-state index contributed by atoms with van der Waals surface area (Å²) >= 11 is 2.20. The lowest BCUT2D eigenvalue weighted by atomic mass is 9.91. The minimum absolute atomic E-state index is 0.439. The van der Waals surface area contributed by atoms with Crippen LogP contribution >= 0.6 is 22.6 Å². The van der Waals surface area contributed by atoms with Crippen LogP contribution in [0.25, 0.3) is 11.1 Å². The molecular weight excluding hydrogens is 391 g/mol. The molecule has 0 saturated carbocycles. The fraction of sp³-hybridized carbons (Fsp3) is 0.176. The minimum atomic E-state index is -0.687. The first-order chi connectivity index (χ1) is 10.4. The third-order valence-corrected chi connectivity index (χ3v) is 4.24. The van der Waals surface area contributed by atoms with Gasteiger partial charge < -0.3 is 4.74 Å². The van der Waals surface area contributed by atoms with Gasteiger partial charge in [0.25, 0.3) is 0 Å². The summed E-state index contributed by atoms with van der Waals surface area (Å²) < 4.78 is 6.36. The van der Waals surface area contributed by atoms with Crippen molar-refractivity contribution in [3.8, 4) is 17.2 Å². The van der Waals surface area contributed by atoms with Gasteiger partial charge in [-0.1, -0.05) is 6.07 Å². The number of benzene rings is 2. The number of halogens is 1. The molecule has 0 bridgehead atoms. The molecule has 0 aromatic heterocycles. The molecule has 22 heavy (non-hydrogen) atoms. The molecule has 0 saturated heterocycles. The number of carbonyl (C=O) groups is 1. The molecule has 2 aromatic carbocycles. The monoisotopic (exact) mass is 404 g/mol. The first kappa shape index (κ1) is 14.9. The summed E-state index contributed by atoms with van der Waals surface area (Å²) in [5.74, 6) is 0. The van der Waals surface area contributed by atoms with Gasteiger partial charge in [0.1, 0.15) is 5.60 Å². The van der Waals surface area contributed by atoms with E-state index in [9.17, 15) is 4.79 Å². The molecule has 0 fully saturated rings. The van der Waals surface area contributed by atoms with Gasteiger partial charge in [-0.05, 0) is 77.9 Å². The van der Waals surface area contributed by atoms with E-state index in [1.54, 1.807) is 0 Å². The fourth-order valence-electron chi connectivity index (χ4n) is 2.57. The maximum atomic E-state index is 11.6. The van der Waals surface area contributed by atoms with Crippen molar-refractivity contribution in [1.29, 1.82) is 5.26 Å². The summed E-state index contributed by atoms with van der Waals surface area (Å²) in [6.07, 6.45) is -0.439. The predicted octanol–water partition coefficient (Wildman–Crippen LogP) is 4.63. The third-order valence-electron chi connectivity index (χ3n) is 3.61. The van der Waals surface area contributed by atoms with Gasteiger partial charge in [0.15, 0.2) is 0 Å². The van der Waals surface area contributed by atoms with Gasteiger partial charge in [0, 0.05) is 9.13 Å². The van der Waals surface area contributed by atoms with Crippen molar-refractivity contribution in [3.63, 3.8) is 0 Å². The Bertz CT molecular complexity index is 822. The fourth-order valence-corrected chi connectivity index (χ4v) is 3.24. The topological polar surface area (TPSA) is 62.1 Å². The van der Waals surface area contributed by atoms with Crippen LogP contribution in [0.3, 0.4) is 0 Å². The molecule has 2 aromatic rings. The SMILES string of the molecule is CC1(C)OC(=O)Nc2ccc(-c3cc(I)cc(C#N)c3)cc21. The standard InChI is InChI=1S/C17H13IN2O2/c1-17(2)14-8-11(3-4-15(14)20-16(21)22-17)12-5-10(9-19)6-13(18)7-12/h3-8H,1-2H3,(H,20,21). The van der Waals surface area contributed by atoms with Crippen molar-refractivity contribution in [2.45, 2.75) is 19.4 Å². The largest absolute Gasteiger partial charge is 0.438 e. The highest BCUT2D eigenvalue weighted by Gasteiger charge is 2.33. The summed E-state index contributed by atoms with van der Waals surface area (Å²) in [7, 11) is 0. The molecule has 0 aliphatic carbocycles. The Balaban J connectivity index is 2.14. The van der Waals surface area contributed by atoms with Crippen molar-refractivity contribution in [2.75, 3.05) is 5.32 Å². The van der Waals surface area contributed by atoms with Crippen LogP contribution in [0, 0.1) is 14.9 Å². The average molecular weight is 404 g/mol. The van der Waals surface area contributed by atoms with Crippen molar-refractivity contribution in [2.24, 2.45) is 0 Å². The van der Waals surface area contributed by atoms with Gasteiger partial charge >= 0.3 is 6.09 Å². The molecule has 1 heterocycles. The van der Waals surface area contributed by atoms with Crippen molar-refractivity contribution >= 4 is 34.4 Å². The van der Waals surface area contributed by atoms with Crippen LogP contribution in [0.1, 0.15) is 25.0 Å². The quantitative estimate of drug-likeness (QED) is 0.706. The van der Waals surface area contributed by atoms with Gasteiger partial charge in [-0.15, -0.1) is 0 Å². The lowest BCUT2D eigenvalue weighted by Crippen LogP contribution is -2.34. The van der Waals surface area contributed by atoms with Gasteiger partial charge in [-0.2, -0.15) is 5.26 Å². The normalized spacial score (nSPS) is 15.3. The van der Waals surface area contributed by atoms with Crippen LogP contribution in [0.4, 0.5) is 10.5 Å². The van der Waals surface area contributed by atoms with E-state index in [-0.39, 0.29) is 0 Å². The predicted molar refractivity (Wildman–Crippen MR) is 92.4 cm³/mol. The second kappa shape index (κ2) is 5.29. The maximum absolute atomic E-state index is 11.6. The molecule has 0 radical (unpaired) electrons. The van der Waals surface area contributed by atoms with Crippen LogP contribution < -0.4 is 5.32 Å². The Kier molecular flexibility index (Phi) is 3.57. The summed E-state index contributed by atoms with van der Waals surface area (Å²) in [5.41, 5.74) is 3.58. The Morgan fingerprint density at radius 2 is 1.95 bits per heavy atom. The van der Waals surface area contributed by atoms with E-state index in [0.717, 1.165) is 25.9 Å². The van der Waals surface area contributed by atoms with E-state index in [1.165, 1.54) is 0 Å². The Morgan fingerprint density at radius 3 is 2.68 bits per heavy atom. The number of anilines is 1. The summed E-state index contributed by atoms with van der Waals surface area (Å²) in [5, 5.41) is 11.8.